The molecule has 2 aromatic heterocycles. The second-order valence-corrected chi connectivity index (χ2v) is 17.8. The summed E-state index contributed by atoms with van der Waals surface area (Å²) in [6, 6.07) is 5.02. The minimum absolute atomic E-state index is 0.0387. The smallest absolute Gasteiger partial charge is 0.347 e. The van der Waals surface area contributed by atoms with Gasteiger partial charge in [0.05, 0.1) is 49.2 Å². The first kappa shape index (κ1) is 51.9. The minimum Gasteiger partial charge on any atom is -0.470 e. The van der Waals surface area contributed by atoms with Crippen molar-refractivity contribution in [2.75, 3.05) is 86.5 Å². The number of hydrogen-bond donors (Lipinski definition) is 4. The van der Waals surface area contributed by atoms with Gasteiger partial charge in [-0.05, 0) is 91.4 Å². The summed E-state index contributed by atoms with van der Waals surface area (Å²) in [5.74, 6) is -3.05. The van der Waals surface area contributed by atoms with E-state index in [-0.39, 0.29) is 43.7 Å². The third-order valence-corrected chi connectivity index (χ3v) is 11.8. The molecule has 0 aliphatic carbocycles. The van der Waals surface area contributed by atoms with Crippen LogP contribution in [0.2, 0.25) is 0 Å². The zero-order chi connectivity index (χ0) is 49.0. The number of fused-ring (bicyclic) bond motifs is 1. The Labute approximate surface area is 395 Å². The van der Waals surface area contributed by atoms with Gasteiger partial charge in [-0.2, -0.15) is 4.37 Å². The molecular weight excluding hydrogens is 887 g/mol. The van der Waals surface area contributed by atoms with Gasteiger partial charge in [0.25, 0.3) is 11.8 Å². The fourth-order valence-electron chi connectivity index (χ4n) is 7.55. The van der Waals surface area contributed by atoms with E-state index in [2.05, 4.69) is 48.4 Å². The molecule has 3 aromatic rings. The van der Waals surface area contributed by atoms with Crippen molar-refractivity contribution in [2.24, 2.45) is 0 Å². The van der Waals surface area contributed by atoms with E-state index in [1.54, 1.807) is 24.3 Å². The molecule has 2 aliphatic heterocycles. The van der Waals surface area contributed by atoms with Crippen molar-refractivity contribution in [1.82, 2.24) is 23.5 Å². The van der Waals surface area contributed by atoms with Gasteiger partial charge in [0.15, 0.2) is 18.3 Å². The summed E-state index contributed by atoms with van der Waals surface area (Å²) in [7, 11) is 0. The van der Waals surface area contributed by atoms with Gasteiger partial charge >= 0.3 is 17.9 Å². The van der Waals surface area contributed by atoms with Gasteiger partial charge in [-0.3, -0.25) is 19.2 Å². The molecule has 4 heterocycles. The molecule has 1 saturated heterocycles. The number of morpholine rings is 1. The number of anilines is 4. The van der Waals surface area contributed by atoms with Crippen LogP contribution in [0.15, 0.2) is 18.2 Å². The van der Waals surface area contributed by atoms with E-state index in [4.69, 9.17) is 23.7 Å². The Hall–Kier alpha value is -6.06. The second-order valence-electron chi connectivity index (χ2n) is 17.3. The molecule has 0 unspecified atom stereocenters. The predicted octanol–water partition coefficient (Wildman–Crippen LogP) is 4.79. The fraction of sp³-hybridized carbons (Fsp3) is 0.565. The zero-order valence-electron chi connectivity index (χ0n) is 40.2. The van der Waals surface area contributed by atoms with Crippen LogP contribution < -0.4 is 25.6 Å². The van der Waals surface area contributed by atoms with Crippen LogP contribution in [0.3, 0.4) is 0 Å². The number of likely N-dealkylation sites (N-methyl/N-ethyl adjacent to an activating group) is 1. The Morgan fingerprint density at radius 2 is 1.67 bits per heavy atom. The number of nitrogens with one attached hydrogen (secondary N) is 4. The van der Waals surface area contributed by atoms with Crippen LogP contribution in [0.1, 0.15) is 90.7 Å². The number of H-pyrrole nitrogens is 1. The van der Waals surface area contributed by atoms with Crippen molar-refractivity contribution in [3.05, 3.63) is 40.7 Å². The number of amides is 3. The lowest BCUT2D eigenvalue weighted by atomic mass is 10.0. The number of aryl methyl sites for hydroxylation is 1. The number of benzene rings is 1. The average molecular weight is 952 g/mol. The maximum Gasteiger partial charge on any atom is 0.347 e. The van der Waals surface area contributed by atoms with Gasteiger partial charge in [0.1, 0.15) is 6.61 Å². The summed E-state index contributed by atoms with van der Waals surface area (Å²) < 4.78 is 36.4. The normalized spacial score (nSPS) is 15.6. The summed E-state index contributed by atoms with van der Waals surface area (Å²) >= 11 is 0.970. The molecule has 3 amide bonds. The first-order chi connectivity index (χ1) is 31.8. The zero-order valence-corrected chi connectivity index (χ0v) is 41.0. The highest BCUT2D eigenvalue weighted by atomic mass is 32.1. The summed E-state index contributed by atoms with van der Waals surface area (Å²) in [6.07, 6.45) is -2.70. The van der Waals surface area contributed by atoms with Crippen molar-refractivity contribution in [2.45, 2.75) is 106 Å². The number of nitrogens with zero attached hydrogens (tertiary/aromatic N) is 5. The van der Waals surface area contributed by atoms with Crippen LogP contribution >= 0.6 is 11.7 Å². The number of ether oxygens (including phenoxy) is 5. The van der Waals surface area contributed by atoms with Crippen LogP contribution in [0.25, 0.3) is 11.6 Å². The molecule has 0 saturated carbocycles. The first-order valence-corrected chi connectivity index (χ1v) is 23.3. The van der Waals surface area contributed by atoms with Gasteiger partial charge in [-0.25, -0.2) is 9.59 Å². The van der Waals surface area contributed by atoms with Gasteiger partial charge in [-0.1, -0.05) is 13.8 Å². The van der Waals surface area contributed by atoms with Crippen molar-refractivity contribution in [3.63, 3.8) is 0 Å². The van der Waals surface area contributed by atoms with E-state index < -0.39 is 47.7 Å². The summed E-state index contributed by atoms with van der Waals surface area (Å²) in [5.41, 5.74) is 5.11. The van der Waals surface area contributed by atoms with Crippen molar-refractivity contribution in [1.29, 1.82) is 0 Å². The highest BCUT2D eigenvalue weighted by Gasteiger charge is 2.33. The number of aromatic nitrogens is 3. The molecule has 3 atom stereocenters. The number of carbonyl (C=O) groups excluding carboxylic acids is 6. The summed E-state index contributed by atoms with van der Waals surface area (Å²) in [6.45, 7) is 23.4. The number of esters is 3. The SMILES string of the molecule is CCN(CC)CCNc1c(C)[nH]c(/C=C2\C(=O)Nc3ccc(NC(=O)CCC(=O)O[C@@H](C)C(=O)O[C@@H](C)C(=O)O[C@H](COc4nsnc4N4CCOCC4)CN(C(C)=O)C(C)(C)C)cc32)c1C. The average Bonchev–Trinajstić information content (AvgIpc) is 3.96. The van der Waals surface area contributed by atoms with Crippen LogP contribution in [-0.4, -0.2) is 149 Å². The van der Waals surface area contributed by atoms with Crippen molar-refractivity contribution >= 4 is 81.9 Å². The van der Waals surface area contributed by atoms with Gasteiger partial charge in [-0.15, -0.1) is 4.37 Å². The molecule has 67 heavy (non-hydrogen) atoms. The van der Waals surface area contributed by atoms with Crippen LogP contribution in [0, 0.1) is 13.8 Å². The highest BCUT2D eigenvalue weighted by molar-refractivity contribution is 6.99. The number of aromatic amines is 1. The van der Waals surface area contributed by atoms with E-state index in [1.807, 2.05) is 39.5 Å². The fourth-order valence-corrected chi connectivity index (χ4v) is 8.07. The first-order valence-electron chi connectivity index (χ1n) is 22.6. The Balaban J connectivity index is 1.12. The van der Waals surface area contributed by atoms with E-state index >= 15 is 0 Å². The number of hydrogen-bond acceptors (Lipinski definition) is 17. The van der Waals surface area contributed by atoms with Crippen LogP contribution in [0.4, 0.5) is 22.9 Å². The molecule has 1 aromatic carbocycles. The highest BCUT2D eigenvalue weighted by Crippen LogP contribution is 2.36. The maximum absolute atomic E-state index is 13.3. The Bertz CT molecular complexity index is 2280. The van der Waals surface area contributed by atoms with Crippen molar-refractivity contribution < 1.29 is 52.5 Å². The predicted molar refractivity (Wildman–Crippen MR) is 254 cm³/mol. The molecule has 4 N–H and O–H groups in total. The Morgan fingerprint density at radius 3 is 2.34 bits per heavy atom. The van der Waals surface area contributed by atoms with Gasteiger partial charge < -0.3 is 59.3 Å². The molecular formula is C46H65N9O11S. The van der Waals surface area contributed by atoms with Crippen LogP contribution in [0.5, 0.6) is 5.88 Å². The monoisotopic (exact) mass is 951 g/mol. The van der Waals surface area contributed by atoms with Crippen LogP contribution in [-0.2, 0) is 47.7 Å². The lowest BCUT2D eigenvalue weighted by Gasteiger charge is -2.37. The molecule has 0 bridgehead atoms. The third kappa shape index (κ3) is 14.2. The quantitative estimate of drug-likeness (QED) is 0.0602. The molecule has 0 spiro atoms. The van der Waals surface area contributed by atoms with E-state index in [1.165, 1.54) is 25.7 Å². The lowest BCUT2D eigenvalue weighted by Crippen LogP contribution is -2.50. The van der Waals surface area contributed by atoms with Gasteiger partial charge in [0, 0.05) is 73.4 Å². The molecule has 2 aliphatic rings. The van der Waals surface area contributed by atoms with E-state index in [0.29, 0.717) is 54.6 Å². The third-order valence-electron chi connectivity index (χ3n) is 11.3. The second kappa shape index (κ2) is 23.6. The minimum atomic E-state index is -1.43. The Kier molecular flexibility index (Phi) is 18.3. The molecule has 366 valence electrons. The summed E-state index contributed by atoms with van der Waals surface area (Å²) in [5, 5.41) is 9.16. The molecule has 21 heteroatoms. The number of carbonyl (C=O) groups is 6. The Morgan fingerprint density at radius 1 is 0.985 bits per heavy atom. The number of rotatable bonds is 22. The molecule has 0 radical (unpaired) electrons. The molecule has 20 nitrogen and oxygen atoms in total. The standard InChI is InChI=1S/C46H65N9O11S/c1-11-53(12-2)18-17-47-40-27(3)37(48-28(40)4)24-35-34-23-32(13-14-36(34)50-42(35)59)49-38(57)15-16-39(58)64-29(5)44(60)65-30(6)45(61)66-33(25-55(31(7)56)46(8,9)10)26-63-43-41(51-67-52-43)54-19-21-62-22-20-54/h13-14,23-24,29-30,33,47-48H,11-12,15-22,25-26H2,1-10H3,(H,49,57)(H,50,59)/b35-24-/t29-,30-,33-/m0/s1. The van der Waals surface area contributed by atoms with Gasteiger partial charge in [0.2, 0.25) is 17.6 Å². The maximum atomic E-state index is 13.3. The van der Waals surface area contributed by atoms with Crippen molar-refractivity contribution in [3.8, 4) is 5.88 Å². The topological polar surface area (TPSA) is 236 Å². The van der Waals surface area contributed by atoms with E-state index in [0.717, 1.165) is 60.5 Å². The largest absolute Gasteiger partial charge is 0.470 e. The lowest BCUT2D eigenvalue weighted by molar-refractivity contribution is -0.180. The summed E-state index contributed by atoms with van der Waals surface area (Å²) in [4.78, 5) is 87.0. The molecule has 1 fully saturated rings. The van der Waals surface area contributed by atoms with E-state index in [9.17, 15) is 28.8 Å². The molecule has 5 rings (SSSR count).